The first-order valence-corrected chi connectivity index (χ1v) is 10.7. The third-order valence-electron chi connectivity index (χ3n) is 4.68. The Morgan fingerprint density at radius 1 is 1.41 bits per heavy atom. The normalized spacial score (nSPS) is 17.1. The molecule has 0 radical (unpaired) electrons. The summed E-state index contributed by atoms with van der Waals surface area (Å²) in [5.41, 5.74) is 2.05. The maximum absolute atomic E-state index is 11.0. The summed E-state index contributed by atoms with van der Waals surface area (Å²) in [7, 11) is 0. The van der Waals surface area contributed by atoms with Gasteiger partial charge in [-0.3, -0.25) is 10.00 Å². The van der Waals surface area contributed by atoms with Gasteiger partial charge in [-0.15, -0.1) is 5.10 Å². The van der Waals surface area contributed by atoms with E-state index in [1.807, 2.05) is 18.7 Å². The van der Waals surface area contributed by atoms with Crippen molar-refractivity contribution in [2.45, 2.75) is 38.8 Å². The van der Waals surface area contributed by atoms with Crippen molar-refractivity contribution < 1.29 is 13.5 Å². The van der Waals surface area contributed by atoms with Crippen molar-refractivity contribution in [3.8, 4) is 17.0 Å². The fraction of sp³-hybridized carbons (Fsp3) is 0.529. The van der Waals surface area contributed by atoms with Gasteiger partial charge in [0.25, 0.3) is 0 Å². The van der Waals surface area contributed by atoms with Gasteiger partial charge < -0.3 is 14.6 Å². The van der Waals surface area contributed by atoms with Gasteiger partial charge in [-0.2, -0.15) is 14.6 Å². The van der Waals surface area contributed by atoms with Crippen LogP contribution in [0.4, 0.5) is 5.95 Å². The van der Waals surface area contributed by atoms with Gasteiger partial charge in [0.05, 0.1) is 12.3 Å². The minimum absolute atomic E-state index is 0.0526. The smallest absolute Gasteiger partial charge is 0.243 e. The summed E-state index contributed by atoms with van der Waals surface area (Å²) in [5.74, 6) is 1.26. The first kappa shape index (κ1) is 19.7. The minimum atomic E-state index is -1.80. The van der Waals surface area contributed by atoms with Crippen molar-refractivity contribution in [1.82, 2.24) is 34.7 Å². The molecule has 4 heterocycles. The first-order chi connectivity index (χ1) is 14.0. The molecule has 1 unspecified atom stereocenters. The quantitative estimate of drug-likeness (QED) is 0.484. The van der Waals surface area contributed by atoms with Crippen LogP contribution in [0, 0.1) is 0 Å². The molecule has 1 atom stereocenters. The summed E-state index contributed by atoms with van der Waals surface area (Å²) in [5, 5.41) is 14.6. The van der Waals surface area contributed by atoms with E-state index in [9.17, 15) is 4.21 Å². The topological polar surface area (TPSA) is 134 Å². The highest BCUT2D eigenvalue weighted by atomic mass is 32.2. The molecule has 3 aromatic heterocycles. The van der Waals surface area contributed by atoms with E-state index >= 15 is 0 Å². The summed E-state index contributed by atoms with van der Waals surface area (Å²) in [6.45, 7) is 5.41. The van der Waals surface area contributed by atoms with Gasteiger partial charge in [-0.1, -0.05) is 0 Å². The summed E-state index contributed by atoms with van der Waals surface area (Å²) in [6, 6.07) is 0.201. The third-order valence-corrected chi connectivity index (χ3v) is 5.27. The molecule has 29 heavy (non-hydrogen) atoms. The van der Waals surface area contributed by atoms with Crippen LogP contribution < -0.4 is 10.1 Å². The number of anilines is 1. The standard InChI is InChI=1S/C17H24N8O3S/c1-11(2)28-15-14(12-7-19-20-8-12)18-9-25-16(15)22-17(23-25)21-13-3-5-24(6-4-13)10-29(26)27/h7-9,11,13H,3-6,10H2,1-2H3,(H,19,20)(H,21,23)(H,26,27). The van der Waals surface area contributed by atoms with Gasteiger partial charge in [0.1, 0.15) is 17.9 Å². The number of fused-ring (bicyclic) bond motifs is 1. The summed E-state index contributed by atoms with van der Waals surface area (Å²) >= 11 is -1.80. The van der Waals surface area contributed by atoms with Gasteiger partial charge in [-0.05, 0) is 26.7 Å². The Balaban J connectivity index is 1.55. The van der Waals surface area contributed by atoms with Crippen LogP contribution in [0.25, 0.3) is 16.9 Å². The van der Waals surface area contributed by atoms with Crippen LogP contribution >= 0.6 is 0 Å². The lowest BCUT2D eigenvalue weighted by Gasteiger charge is -2.30. The Bertz CT molecular complexity index is 982. The second-order valence-corrected chi connectivity index (χ2v) is 8.17. The zero-order valence-electron chi connectivity index (χ0n) is 16.3. The number of nitrogens with one attached hydrogen (secondary N) is 2. The number of aromatic amines is 1. The zero-order chi connectivity index (χ0) is 20.4. The van der Waals surface area contributed by atoms with Crippen molar-refractivity contribution in [3.63, 3.8) is 0 Å². The predicted octanol–water partition coefficient (Wildman–Crippen LogP) is 1.36. The molecule has 3 N–H and O–H groups in total. The van der Waals surface area contributed by atoms with E-state index in [2.05, 4.69) is 30.6 Å². The van der Waals surface area contributed by atoms with Crippen LogP contribution in [0.5, 0.6) is 5.75 Å². The van der Waals surface area contributed by atoms with Crippen molar-refractivity contribution >= 4 is 22.7 Å². The number of ether oxygens (including phenoxy) is 1. The van der Waals surface area contributed by atoms with Crippen LogP contribution in [0.2, 0.25) is 0 Å². The van der Waals surface area contributed by atoms with Gasteiger partial charge in [0.15, 0.2) is 16.8 Å². The number of piperidine rings is 1. The van der Waals surface area contributed by atoms with Crippen LogP contribution in [-0.2, 0) is 11.1 Å². The van der Waals surface area contributed by atoms with Crippen molar-refractivity contribution in [1.29, 1.82) is 0 Å². The van der Waals surface area contributed by atoms with Gasteiger partial charge in [0, 0.05) is 30.9 Å². The number of rotatable bonds is 7. The molecule has 0 saturated carbocycles. The largest absolute Gasteiger partial charge is 0.485 e. The number of aromatic nitrogens is 6. The highest BCUT2D eigenvalue weighted by molar-refractivity contribution is 7.79. The minimum Gasteiger partial charge on any atom is -0.485 e. The van der Waals surface area contributed by atoms with Crippen LogP contribution in [0.3, 0.4) is 0 Å². The van der Waals surface area contributed by atoms with E-state index < -0.39 is 11.1 Å². The fourth-order valence-corrected chi connectivity index (χ4v) is 3.94. The molecule has 1 fully saturated rings. The Labute approximate surface area is 170 Å². The molecular weight excluding hydrogens is 396 g/mol. The Kier molecular flexibility index (Phi) is 5.74. The van der Waals surface area contributed by atoms with Crippen molar-refractivity contribution in [2.75, 3.05) is 24.3 Å². The Morgan fingerprint density at radius 3 is 2.86 bits per heavy atom. The number of H-pyrrole nitrogens is 1. The molecule has 1 aliphatic heterocycles. The lowest BCUT2D eigenvalue weighted by molar-refractivity contribution is 0.244. The molecule has 3 aromatic rings. The van der Waals surface area contributed by atoms with E-state index in [0.717, 1.165) is 31.5 Å². The molecule has 1 aliphatic rings. The fourth-order valence-electron chi connectivity index (χ4n) is 3.37. The third kappa shape index (κ3) is 4.54. The molecule has 1 saturated heterocycles. The maximum Gasteiger partial charge on any atom is 0.243 e. The van der Waals surface area contributed by atoms with Crippen LogP contribution in [0.1, 0.15) is 26.7 Å². The monoisotopic (exact) mass is 420 g/mol. The van der Waals surface area contributed by atoms with Crippen LogP contribution in [0.15, 0.2) is 18.7 Å². The van der Waals surface area contributed by atoms with Crippen molar-refractivity contribution in [3.05, 3.63) is 18.7 Å². The molecule has 0 bridgehead atoms. The average molecular weight is 420 g/mol. The number of likely N-dealkylation sites (tertiary alicyclic amines) is 1. The molecule has 0 aromatic carbocycles. The molecule has 0 aliphatic carbocycles. The second kappa shape index (κ2) is 8.43. The average Bonchev–Trinajstić information content (AvgIpc) is 3.32. The Morgan fingerprint density at radius 2 is 2.21 bits per heavy atom. The second-order valence-electron chi connectivity index (χ2n) is 7.27. The van der Waals surface area contributed by atoms with E-state index in [4.69, 9.17) is 9.29 Å². The van der Waals surface area contributed by atoms with E-state index in [1.54, 1.807) is 23.2 Å². The summed E-state index contributed by atoms with van der Waals surface area (Å²) in [6.07, 6.45) is 6.70. The van der Waals surface area contributed by atoms with E-state index in [0.29, 0.717) is 23.0 Å². The van der Waals surface area contributed by atoms with Crippen LogP contribution in [-0.4, -0.2) is 74.6 Å². The molecule has 0 spiro atoms. The number of nitrogens with zero attached hydrogens (tertiary/aromatic N) is 6. The van der Waals surface area contributed by atoms with Gasteiger partial charge >= 0.3 is 0 Å². The highest BCUT2D eigenvalue weighted by Crippen LogP contribution is 2.32. The summed E-state index contributed by atoms with van der Waals surface area (Å²) < 4.78 is 27.6. The lowest BCUT2D eigenvalue weighted by atomic mass is 10.1. The van der Waals surface area contributed by atoms with E-state index in [-0.39, 0.29) is 18.0 Å². The molecule has 4 rings (SSSR count). The Hall–Kier alpha value is -2.57. The zero-order valence-corrected chi connectivity index (χ0v) is 17.1. The highest BCUT2D eigenvalue weighted by Gasteiger charge is 2.23. The lowest BCUT2D eigenvalue weighted by Crippen LogP contribution is -2.40. The van der Waals surface area contributed by atoms with Gasteiger partial charge in [-0.25, -0.2) is 9.19 Å². The van der Waals surface area contributed by atoms with Gasteiger partial charge in [0.2, 0.25) is 11.6 Å². The molecule has 11 nitrogen and oxygen atoms in total. The van der Waals surface area contributed by atoms with Crippen molar-refractivity contribution in [2.24, 2.45) is 0 Å². The molecule has 156 valence electrons. The molecule has 0 amide bonds. The predicted molar refractivity (Wildman–Crippen MR) is 108 cm³/mol. The molecule has 12 heteroatoms. The molecular formula is C17H24N8O3S. The summed E-state index contributed by atoms with van der Waals surface area (Å²) in [4.78, 5) is 11.1. The van der Waals surface area contributed by atoms with E-state index in [1.165, 1.54) is 0 Å². The maximum atomic E-state index is 11.0. The SMILES string of the molecule is CC(C)Oc1c(-c2cn[nH]c2)ncn2nc(NC3CCN(CS(=O)O)CC3)nc12. The number of hydrogen-bond acceptors (Lipinski definition) is 8. The number of hydrogen-bond donors (Lipinski definition) is 3. The first-order valence-electron chi connectivity index (χ1n) is 9.47.